The van der Waals surface area contributed by atoms with Crippen LogP contribution in [-0.4, -0.2) is 52.0 Å². The minimum absolute atomic E-state index is 0.00122. The summed E-state index contributed by atoms with van der Waals surface area (Å²) in [4.78, 5) is 11.6. The summed E-state index contributed by atoms with van der Waals surface area (Å²) in [5.74, 6) is 0.00122. The molecule has 0 spiro atoms. The van der Waals surface area contributed by atoms with E-state index in [1.807, 2.05) is 13.8 Å². The molecule has 0 radical (unpaired) electrons. The number of hydrogen-bond acceptors (Lipinski definition) is 4. The summed E-state index contributed by atoms with van der Waals surface area (Å²) in [7, 11) is 3.29. The van der Waals surface area contributed by atoms with Crippen molar-refractivity contribution in [2.24, 2.45) is 0 Å². The van der Waals surface area contributed by atoms with Gasteiger partial charge >= 0.3 is 0 Å². The van der Waals surface area contributed by atoms with Crippen LogP contribution >= 0.6 is 0 Å². The fourth-order valence-electron chi connectivity index (χ4n) is 1.31. The molecule has 2 unspecified atom stereocenters. The molecule has 0 aliphatic heterocycles. The third-order valence-electron chi connectivity index (χ3n) is 2.29. The number of amides is 1. The first-order chi connectivity index (χ1) is 7.61. The van der Waals surface area contributed by atoms with Gasteiger partial charge in [-0.1, -0.05) is 0 Å². The lowest BCUT2D eigenvalue weighted by Gasteiger charge is -2.19. The van der Waals surface area contributed by atoms with Gasteiger partial charge in [0.1, 0.15) is 0 Å². The van der Waals surface area contributed by atoms with E-state index in [1.54, 1.807) is 14.2 Å². The highest BCUT2D eigenvalue weighted by atomic mass is 16.5. The van der Waals surface area contributed by atoms with Crippen molar-refractivity contribution in [2.75, 3.05) is 34.0 Å². The molecule has 0 aliphatic carbocycles. The average molecular weight is 232 g/mol. The highest BCUT2D eigenvalue weighted by Gasteiger charge is 2.14. The van der Waals surface area contributed by atoms with Crippen molar-refractivity contribution in [3.8, 4) is 0 Å². The highest BCUT2D eigenvalue weighted by Crippen LogP contribution is 1.93. The summed E-state index contributed by atoms with van der Waals surface area (Å²) in [6, 6.07) is 0.0758. The summed E-state index contributed by atoms with van der Waals surface area (Å²) < 4.78 is 9.83. The van der Waals surface area contributed by atoms with Gasteiger partial charge in [0.25, 0.3) is 0 Å². The van der Waals surface area contributed by atoms with Crippen molar-refractivity contribution in [3.05, 3.63) is 0 Å². The SMILES string of the molecule is COCCNC(=O)C(C)NC(C)CCOC. The molecule has 1 amide bonds. The van der Waals surface area contributed by atoms with Crippen molar-refractivity contribution >= 4 is 5.91 Å². The van der Waals surface area contributed by atoms with Gasteiger partial charge in [-0.05, 0) is 20.3 Å². The number of rotatable bonds is 9. The maximum atomic E-state index is 11.6. The fourth-order valence-corrected chi connectivity index (χ4v) is 1.31. The van der Waals surface area contributed by atoms with Crippen LogP contribution in [0, 0.1) is 0 Å². The molecule has 5 nitrogen and oxygen atoms in total. The summed E-state index contributed by atoms with van der Waals surface area (Å²) in [5.41, 5.74) is 0. The van der Waals surface area contributed by atoms with Gasteiger partial charge in [0.05, 0.1) is 12.6 Å². The monoisotopic (exact) mass is 232 g/mol. The number of nitrogens with one attached hydrogen (secondary N) is 2. The zero-order valence-electron chi connectivity index (χ0n) is 10.7. The van der Waals surface area contributed by atoms with Crippen LogP contribution < -0.4 is 10.6 Å². The Morgan fingerprint density at radius 2 is 1.81 bits per heavy atom. The van der Waals surface area contributed by atoms with E-state index in [-0.39, 0.29) is 18.0 Å². The van der Waals surface area contributed by atoms with E-state index < -0.39 is 0 Å². The molecule has 0 saturated heterocycles. The maximum Gasteiger partial charge on any atom is 0.236 e. The Morgan fingerprint density at radius 1 is 1.19 bits per heavy atom. The van der Waals surface area contributed by atoms with Crippen molar-refractivity contribution in [3.63, 3.8) is 0 Å². The average Bonchev–Trinajstić information content (AvgIpc) is 2.26. The van der Waals surface area contributed by atoms with Crippen LogP contribution in [0.5, 0.6) is 0 Å². The molecule has 0 aromatic heterocycles. The number of carbonyl (C=O) groups is 1. The molecule has 0 saturated carbocycles. The van der Waals surface area contributed by atoms with Gasteiger partial charge in [0.2, 0.25) is 5.91 Å². The van der Waals surface area contributed by atoms with Crippen molar-refractivity contribution in [2.45, 2.75) is 32.4 Å². The van der Waals surface area contributed by atoms with Crippen LogP contribution in [-0.2, 0) is 14.3 Å². The Morgan fingerprint density at radius 3 is 2.38 bits per heavy atom. The summed E-state index contributed by atoms with van der Waals surface area (Å²) >= 11 is 0. The van der Waals surface area contributed by atoms with Crippen LogP contribution in [0.15, 0.2) is 0 Å². The maximum absolute atomic E-state index is 11.6. The smallest absolute Gasteiger partial charge is 0.236 e. The first-order valence-corrected chi connectivity index (χ1v) is 5.63. The highest BCUT2D eigenvalue weighted by molar-refractivity contribution is 5.81. The van der Waals surface area contributed by atoms with Crippen LogP contribution in [0.25, 0.3) is 0 Å². The van der Waals surface area contributed by atoms with Gasteiger partial charge in [-0.25, -0.2) is 0 Å². The molecule has 2 N–H and O–H groups in total. The van der Waals surface area contributed by atoms with Crippen LogP contribution in [0.4, 0.5) is 0 Å². The molecule has 0 fully saturated rings. The molecule has 0 bridgehead atoms. The van der Waals surface area contributed by atoms with E-state index in [2.05, 4.69) is 10.6 Å². The molecular formula is C11H24N2O3. The van der Waals surface area contributed by atoms with E-state index in [1.165, 1.54) is 0 Å². The molecule has 0 aromatic carbocycles. The van der Waals surface area contributed by atoms with E-state index in [4.69, 9.17) is 9.47 Å². The standard InChI is InChI=1S/C11H24N2O3/c1-9(5-7-15-3)13-10(2)11(14)12-6-8-16-4/h9-10,13H,5-8H2,1-4H3,(H,12,14). The molecule has 0 rings (SSSR count). The summed E-state index contributed by atoms with van der Waals surface area (Å²) in [5, 5.41) is 6.00. The lowest BCUT2D eigenvalue weighted by Crippen LogP contribution is -2.46. The Kier molecular flexibility index (Phi) is 9.18. The summed E-state index contributed by atoms with van der Waals surface area (Å²) in [6.45, 7) is 5.68. The van der Waals surface area contributed by atoms with E-state index in [9.17, 15) is 4.79 Å². The minimum atomic E-state index is -0.191. The Bertz CT molecular complexity index is 188. The summed E-state index contributed by atoms with van der Waals surface area (Å²) in [6.07, 6.45) is 0.895. The van der Waals surface area contributed by atoms with Gasteiger partial charge in [-0.15, -0.1) is 0 Å². The van der Waals surface area contributed by atoms with E-state index in [0.717, 1.165) is 6.42 Å². The Hall–Kier alpha value is -0.650. The lowest BCUT2D eigenvalue weighted by molar-refractivity contribution is -0.123. The molecule has 0 aromatic rings. The normalized spacial score (nSPS) is 14.5. The quantitative estimate of drug-likeness (QED) is 0.556. The lowest BCUT2D eigenvalue weighted by atomic mass is 10.2. The minimum Gasteiger partial charge on any atom is -0.385 e. The fraction of sp³-hybridized carbons (Fsp3) is 0.909. The third kappa shape index (κ3) is 7.62. The second-order valence-corrected chi connectivity index (χ2v) is 3.85. The molecule has 2 atom stereocenters. The number of hydrogen-bond donors (Lipinski definition) is 2. The molecule has 5 heteroatoms. The first kappa shape index (κ1) is 15.3. The van der Waals surface area contributed by atoms with Gasteiger partial charge in [0.15, 0.2) is 0 Å². The molecule has 16 heavy (non-hydrogen) atoms. The molecule has 96 valence electrons. The van der Waals surface area contributed by atoms with Crippen LogP contribution in [0.1, 0.15) is 20.3 Å². The van der Waals surface area contributed by atoms with E-state index >= 15 is 0 Å². The molecule has 0 heterocycles. The third-order valence-corrected chi connectivity index (χ3v) is 2.29. The number of ether oxygens (including phenoxy) is 2. The molecule has 0 aliphatic rings. The zero-order valence-corrected chi connectivity index (χ0v) is 10.7. The Balaban J connectivity index is 3.68. The van der Waals surface area contributed by atoms with Crippen molar-refractivity contribution < 1.29 is 14.3 Å². The number of carbonyl (C=O) groups excluding carboxylic acids is 1. The van der Waals surface area contributed by atoms with Crippen LogP contribution in [0.3, 0.4) is 0 Å². The van der Waals surface area contributed by atoms with E-state index in [0.29, 0.717) is 19.8 Å². The predicted octanol–water partition coefficient (Wildman–Crippen LogP) is 0.152. The van der Waals surface area contributed by atoms with Gasteiger partial charge < -0.3 is 20.1 Å². The largest absolute Gasteiger partial charge is 0.385 e. The second kappa shape index (κ2) is 9.57. The van der Waals surface area contributed by atoms with Crippen LogP contribution in [0.2, 0.25) is 0 Å². The van der Waals surface area contributed by atoms with Gasteiger partial charge in [-0.2, -0.15) is 0 Å². The van der Waals surface area contributed by atoms with Gasteiger partial charge in [-0.3, -0.25) is 4.79 Å². The first-order valence-electron chi connectivity index (χ1n) is 5.63. The topological polar surface area (TPSA) is 59.6 Å². The van der Waals surface area contributed by atoms with Gasteiger partial charge in [0, 0.05) is 33.4 Å². The van der Waals surface area contributed by atoms with Crippen molar-refractivity contribution in [1.82, 2.24) is 10.6 Å². The molecular weight excluding hydrogens is 208 g/mol. The Labute approximate surface area is 97.9 Å². The predicted molar refractivity (Wildman–Crippen MR) is 63.4 cm³/mol. The van der Waals surface area contributed by atoms with Crippen molar-refractivity contribution in [1.29, 1.82) is 0 Å². The zero-order chi connectivity index (χ0) is 12.4. The second-order valence-electron chi connectivity index (χ2n) is 3.85. The number of methoxy groups -OCH3 is 2.